The van der Waals surface area contributed by atoms with Gasteiger partial charge >= 0.3 is 5.97 Å². The summed E-state index contributed by atoms with van der Waals surface area (Å²) in [6.07, 6.45) is 0.0866. The maximum Gasteiger partial charge on any atom is 0.303 e. The summed E-state index contributed by atoms with van der Waals surface area (Å²) in [5.74, 6) is 7.48. The molecule has 0 saturated carbocycles. The highest BCUT2D eigenvalue weighted by Gasteiger charge is 2.40. The van der Waals surface area contributed by atoms with Crippen LogP contribution in [0, 0.1) is 5.41 Å². The Hall–Kier alpha value is -1.67. The molecule has 92 valence electrons. The van der Waals surface area contributed by atoms with Gasteiger partial charge in [-0.3, -0.25) is 25.2 Å². The molecule has 2 amide bonds. The van der Waals surface area contributed by atoms with Crippen LogP contribution in [0.15, 0.2) is 0 Å². The summed E-state index contributed by atoms with van der Waals surface area (Å²) >= 11 is 0. The van der Waals surface area contributed by atoms with Crippen molar-refractivity contribution in [3.8, 4) is 0 Å². The Morgan fingerprint density at radius 3 is 1.94 bits per heavy atom. The predicted octanol–water partition coefficient (Wildman–Crippen LogP) is -1.77. The van der Waals surface area contributed by atoms with Crippen LogP contribution in [-0.4, -0.2) is 22.9 Å². The van der Waals surface area contributed by atoms with Crippen molar-refractivity contribution >= 4 is 17.8 Å². The van der Waals surface area contributed by atoms with Crippen LogP contribution in [0.5, 0.6) is 0 Å². The van der Waals surface area contributed by atoms with E-state index in [-0.39, 0.29) is 19.3 Å². The highest BCUT2D eigenvalue weighted by molar-refractivity contribution is 6.04. The average molecular weight is 232 g/mol. The van der Waals surface area contributed by atoms with Crippen molar-refractivity contribution in [2.24, 2.45) is 17.1 Å². The summed E-state index contributed by atoms with van der Waals surface area (Å²) in [4.78, 5) is 33.1. The van der Waals surface area contributed by atoms with Crippen molar-refractivity contribution in [3.63, 3.8) is 0 Å². The molecule has 0 atom stereocenters. The SMILES string of the molecule is CC(CCCC(=O)O)(C(=O)NN)C(=O)NN. The highest BCUT2D eigenvalue weighted by Crippen LogP contribution is 2.24. The van der Waals surface area contributed by atoms with Crippen LogP contribution in [0.25, 0.3) is 0 Å². The largest absolute Gasteiger partial charge is 0.481 e. The molecule has 7 N–H and O–H groups in total. The van der Waals surface area contributed by atoms with Gasteiger partial charge in [0.25, 0.3) is 0 Å². The second kappa shape index (κ2) is 6.03. The highest BCUT2D eigenvalue weighted by atomic mass is 16.4. The number of hydrazine groups is 2. The topological polar surface area (TPSA) is 148 Å². The molecule has 0 aromatic heterocycles. The Labute approximate surface area is 92.3 Å². The molecule has 0 heterocycles. The molecular weight excluding hydrogens is 216 g/mol. The molecule has 0 radical (unpaired) electrons. The number of carboxylic acid groups (broad SMARTS) is 1. The molecule has 0 aliphatic carbocycles. The molecule has 0 fully saturated rings. The number of hydrogen-bond donors (Lipinski definition) is 5. The molecule has 0 saturated heterocycles. The zero-order valence-corrected chi connectivity index (χ0v) is 8.95. The van der Waals surface area contributed by atoms with Crippen LogP contribution in [-0.2, 0) is 14.4 Å². The lowest BCUT2D eigenvalue weighted by molar-refractivity contribution is -0.144. The monoisotopic (exact) mass is 232 g/mol. The minimum absolute atomic E-state index is 0.0470. The fourth-order valence-corrected chi connectivity index (χ4v) is 1.24. The van der Waals surface area contributed by atoms with E-state index in [4.69, 9.17) is 16.8 Å². The maximum absolute atomic E-state index is 11.4. The Morgan fingerprint density at radius 2 is 1.62 bits per heavy atom. The third-order valence-corrected chi connectivity index (χ3v) is 2.33. The molecule has 0 rings (SSSR count). The molecular formula is C8H16N4O4. The first-order valence-corrected chi connectivity index (χ1v) is 4.62. The van der Waals surface area contributed by atoms with E-state index in [0.717, 1.165) is 0 Å². The van der Waals surface area contributed by atoms with E-state index in [1.807, 2.05) is 10.9 Å². The molecule has 0 bridgehead atoms. The number of carbonyl (C=O) groups is 3. The van der Waals surface area contributed by atoms with Crippen molar-refractivity contribution in [1.29, 1.82) is 0 Å². The van der Waals surface area contributed by atoms with Crippen LogP contribution < -0.4 is 22.5 Å². The molecule has 0 aliphatic heterocycles. The number of nitrogens with one attached hydrogen (secondary N) is 2. The quantitative estimate of drug-likeness (QED) is 0.158. The van der Waals surface area contributed by atoms with Gasteiger partial charge in [-0.2, -0.15) is 0 Å². The third kappa shape index (κ3) is 3.48. The number of carbonyl (C=O) groups excluding carboxylic acids is 2. The summed E-state index contributed by atoms with van der Waals surface area (Å²) in [6, 6.07) is 0. The second-order valence-corrected chi connectivity index (χ2v) is 3.53. The summed E-state index contributed by atoms with van der Waals surface area (Å²) in [6.45, 7) is 1.35. The number of carboxylic acids is 1. The number of rotatable bonds is 6. The van der Waals surface area contributed by atoms with Crippen molar-refractivity contribution in [3.05, 3.63) is 0 Å². The smallest absolute Gasteiger partial charge is 0.303 e. The van der Waals surface area contributed by atoms with Crippen molar-refractivity contribution in [2.75, 3.05) is 0 Å². The Morgan fingerprint density at radius 1 is 1.19 bits per heavy atom. The van der Waals surface area contributed by atoms with E-state index < -0.39 is 23.2 Å². The second-order valence-electron chi connectivity index (χ2n) is 3.53. The molecule has 16 heavy (non-hydrogen) atoms. The number of hydrogen-bond acceptors (Lipinski definition) is 5. The summed E-state index contributed by atoms with van der Waals surface area (Å²) in [7, 11) is 0. The molecule has 0 unspecified atom stereocenters. The van der Waals surface area contributed by atoms with Gasteiger partial charge < -0.3 is 5.11 Å². The van der Waals surface area contributed by atoms with Crippen LogP contribution in [0.4, 0.5) is 0 Å². The molecule has 0 aromatic rings. The molecule has 0 spiro atoms. The Balaban J connectivity index is 4.61. The fraction of sp³-hybridized carbons (Fsp3) is 0.625. The lowest BCUT2D eigenvalue weighted by Crippen LogP contribution is -2.53. The van der Waals surface area contributed by atoms with Crippen molar-refractivity contribution in [1.82, 2.24) is 10.9 Å². The lowest BCUT2D eigenvalue weighted by Gasteiger charge is -2.24. The summed E-state index contributed by atoms with van der Waals surface area (Å²) in [5.41, 5.74) is 2.25. The first-order valence-electron chi connectivity index (χ1n) is 4.62. The molecule has 8 heteroatoms. The van der Waals surface area contributed by atoms with Gasteiger partial charge in [-0.05, 0) is 19.8 Å². The molecule has 8 nitrogen and oxygen atoms in total. The van der Waals surface area contributed by atoms with Gasteiger partial charge in [-0.1, -0.05) is 0 Å². The van der Waals surface area contributed by atoms with Gasteiger partial charge in [0.05, 0.1) is 0 Å². The normalized spacial score (nSPS) is 10.7. The number of amides is 2. The van der Waals surface area contributed by atoms with Crippen molar-refractivity contribution < 1.29 is 19.5 Å². The standard InChI is InChI=1S/C8H16N4O4/c1-8(6(15)11-9,7(16)12-10)4-2-3-5(13)14/h2-4,9-10H2,1H3,(H,11,15)(H,12,16)(H,13,14). The summed E-state index contributed by atoms with van der Waals surface area (Å²) in [5, 5.41) is 8.45. The van der Waals surface area contributed by atoms with E-state index in [0.29, 0.717) is 0 Å². The minimum atomic E-state index is -1.46. The van der Waals surface area contributed by atoms with E-state index in [1.54, 1.807) is 0 Å². The van der Waals surface area contributed by atoms with Crippen LogP contribution >= 0.6 is 0 Å². The molecule has 0 aliphatic rings. The minimum Gasteiger partial charge on any atom is -0.481 e. The average Bonchev–Trinajstić information content (AvgIpc) is 2.25. The number of nitrogens with two attached hydrogens (primary N) is 2. The van der Waals surface area contributed by atoms with Crippen LogP contribution in [0.1, 0.15) is 26.2 Å². The van der Waals surface area contributed by atoms with E-state index >= 15 is 0 Å². The zero-order chi connectivity index (χ0) is 12.8. The van der Waals surface area contributed by atoms with Gasteiger partial charge in [-0.25, -0.2) is 11.7 Å². The molecule has 0 aromatic carbocycles. The zero-order valence-electron chi connectivity index (χ0n) is 8.95. The number of aliphatic carboxylic acids is 1. The van der Waals surface area contributed by atoms with Gasteiger partial charge in [0, 0.05) is 6.42 Å². The maximum atomic E-state index is 11.4. The summed E-state index contributed by atoms with van der Waals surface area (Å²) < 4.78 is 0. The van der Waals surface area contributed by atoms with Gasteiger partial charge in [0.2, 0.25) is 11.8 Å². The van der Waals surface area contributed by atoms with Gasteiger partial charge in [0.15, 0.2) is 0 Å². The van der Waals surface area contributed by atoms with E-state index in [9.17, 15) is 14.4 Å². The first kappa shape index (κ1) is 14.3. The third-order valence-electron chi connectivity index (χ3n) is 2.33. The lowest BCUT2D eigenvalue weighted by atomic mass is 9.83. The van der Waals surface area contributed by atoms with Gasteiger partial charge in [-0.15, -0.1) is 0 Å². The van der Waals surface area contributed by atoms with Crippen molar-refractivity contribution in [2.45, 2.75) is 26.2 Å². The fourth-order valence-electron chi connectivity index (χ4n) is 1.24. The Kier molecular flexibility index (Phi) is 5.40. The van der Waals surface area contributed by atoms with E-state index in [1.165, 1.54) is 6.92 Å². The van der Waals surface area contributed by atoms with Crippen LogP contribution in [0.3, 0.4) is 0 Å². The Bertz CT molecular complexity index is 276. The first-order chi connectivity index (χ1) is 7.38. The van der Waals surface area contributed by atoms with Gasteiger partial charge in [0.1, 0.15) is 5.41 Å². The van der Waals surface area contributed by atoms with E-state index in [2.05, 4.69) is 0 Å². The van der Waals surface area contributed by atoms with Crippen LogP contribution in [0.2, 0.25) is 0 Å². The predicted molar refractivity (Wildman–Crippen MR) is 54.3 cm³/mol.